The van der Waals surface area contributed by atoms with Gasteiger partial charge in [0.25, 0.3) is 0 Å². The summed E-state index contributed by atoms with van der Waals surface area (Å²) in [5, 5.41) is 13.0. The second kappa shape index (κ2) is 6.16. The molecule has 17 heavy (non-hydrogen) atoms. The van der Waals surface area contributed by atoms with E-state index in [1.165, 1.54) is 6.26 Å². The van der Waals surface area contributed by atoms with Gasteiger partial charge in [-0.3, -0.25) is 0 Å². The molecule has 1 fully saturated rings. The highest BCUT2D eigenvalue weighted by Crippen LogP contribution is 2.30. The second-order valence-electron chi connectivity index (χ2n) is 5.51. The molecular formula is C12H25NO3S. The van der Waals surface area contributed by atoms with Gasteiger partial charge in [0, 0.05) is 18.8 Å². The Balaban J connectivity index is 2.49. The summed E-state index contributed by atoms with van der Waals surface area (Å²) in [5.74, 6) is 0.120. The van der Waals surface area contributed by atoms with Crippen LogP contribution < -0.4 is 5.32 Å². The topological polar surface area (TPSA) is 66.4 Å². The van der Waals surface area contributed by atoms with Crippen molar-refractivity contribution in [2.75, 3.05) is 12.8 Å². The number of aliphatic hydroxyl groups excluding tert-OH is 1. The van der Waals surface area contributed by atoms with Crippen LogP contribution in [0.25, 0.3) is 0 Å². The minimum Gasteiger partial charge on any atom is -0.392 e. The molecule has 5 heteroatoms. The summed E-state index contributed by atoms with van der Waals surface area (Å²) in [6.45, 7) is 4.62. The SMILES string of the molecule is CC(C)NCC(O)C1CCCC(S(C)(=O)=O)C1. The molecule has 0 aliphatic heterocycles. The normalized spacial score (nSPS) is 28.3. The quantitative estimate of drug-likeness (QED) is 0.775. The third-order valence-electron chi connectivity index (χ3n) is 3.55. The minimum atomic E-state index is -2.96. The number of hydrogen-bond donors (Lipinski definition) is 2. The third-order valence-corrected chi connectivity index (χ3v) is 5.19. The molecule has 102 valence electrons. The number of aliphatic hydroxyl groups is 1. The van der Waals surface area contributed by atoms with Gasteiger partial charge in [0.15, 0.2) is 0 Å². The van der Waals surface area contributed by atoms with Gasteiger partial charge in [0.2, 0.25) is 0 Å². The van der Waals surface area contributed by atoms with Crippen molar-refractivity contribution < 1.29 is 13.5 Å². The van der Waals surface area contributed by atoms with E-state index in [4.69, 9.17) is 0 Å². The van der Waals surface area contributed by atoms with Crippen LogP contribution in [0, 0.1) is 5.92 Å². The van der Waals surface area contributed by atoms with Gasteiger partial charge in [-0.05, 0) is 25.2 Å². The van der Waals surface area contributed by atoms with Gasteiger partial charge in [-0.15, -0.1) is 0 Å². The monoisotopic (exact) mass is 263 g/mol. The molecule has 0 aromatic rings. The maximum atomic E-state index is 11.5. The largest absolute Gasteiger partial charge is 0.392 e. The Morgan fingerprint density at radius 2 is 2.00 bits per heavy atom. The Kier molecular flexibility index (Phi) is 5.41. The highest BCUT2D eigenvalue weighted by atomic mass is 32.2. The van der Waals surface area contributed by atoms with E-state index in [0.29, 0.717) is 19.0 Å². The first kappa shape index (κ1) is 14.9. The molecule has 0 amide bonds. The van der Waals surface area contributed by atoms with Crippen LogP contribution >= 0.6 is 0 Å². The molecule has 3 atom stereocenters. The molecule has 4 nitrogen and oxygen atoms in total. The summed E-state index contributed by atoms with van der Waals surface area (Å²) in [4.78, 5) is 0. The molecule has 1 aliphatic carbocycles. The zero-order chi connectivity index (χ0) is 13.1. The van der Waals surface area contributed by atoms with Gasteiger partial charge in [0.05, 0.1) is 11.4 Å². The average Bonchev–Trinajstić information content (AvgIpc) is 2.25. The Morgan fingerprint density at radius 1 is 1.35 bits per heavy atom. The van der Waals surface area contributed by atoms with Gasteiger partial charge in [-0.25, -0.2) is 8.42 Å². The fraction of sp³-hybridized carbons (Fsp3) is 1.00. The summed E-state index contributed by atoms with van der Waals surface area (Å²) in [5.41, 5.74) is 0. The van der Waals surface area contributed by atoms with Crippen LogP contribution in [0.15, 0.2) is 0 Å². The Labute approximate surface area is 105 Å². The molecule has 1 rings (SSSR count). The predicted molar refractivity (Wildman–Crippen MR) is 69.7 cm³/mol. The molecule has 0 aromatic carbocycles. The average molecular weight is 263 g/mol. The van der Waals surface area contributed by atoms with Crippen LogP contribution in [0.3, 0.4) is 0 Å². The fourth-order valence-electron chi connectivity index (χ4n) is 2.44. The molecular weight excluding hydrogens is 238 g/mol. The van der Waals surface area contributed by atoms with Crippen LogP contribution in [-0.2, 0) is 9.84 Å². The Morgan fingerprint density at radius 3 is 2.53 bits per heavy atom. The lowest BCUT2D eigenvalue weighted by Crippen LogP contribution is -2.40. The predicted octanol–water partition coefficient (Wildman–Crippen LogP) is 0.949. The number of hydrogen-bond acceptors (Lipinski definition) is 4. The summed E-state index contributed by atoms with van der Waals surface area (Å²) >= 11 is 0. The molecule has 0 spiro atoms. The van der Waals surface area contributed by atoms with E-state index < -0.39 is 15.9 Å². The zero-order valence-electron chi connectivity index (χ0n) is 11.0. The number of nitrogens with one attached hydrogen (secondary N) is 1. The van der Waals surface area contributed by atoms with E-state index in [-0.39, 0.29) is 11.2 Å². The van der Waals surface area contributed by atoms with E-state index >= 15 is 0 Å². The molecule has 0 radical (unpaired) electrons. The summed E-state index contributed by atoms with van der Waals surface area (Å²) < 4.78 is 23.0. The van der Waals surface area contributed by atoms with Crippen LogP contribution in [0.1, 0.15) is 39.5 Å². The number of rotatable bonds is 5. The van der Waals surface area contributed by atoms with Gasteiger partial charge >= 0.3 is 0 Å². The van der Waals surface area contributed by atoms with E-state index in [9.17, 15) is 13.5 Å². The molecule has 2 N–H and O–H groups in total. The van der Waals surface area contributed by atoms with Gasteiger partial charge in [-0.2, -0.15) is 0 Å². The Hall–Kier alpha value is -0.130. The highest BCUT2D eigenvalue weighted by Gasteiger charge is 2.32. The fourth-order valence-corrected chi connectivity index (χ4v) is 3.63. The molecule has 0 saturated heterocycles. The lowest BCUT2D eigenvalue weighted by atomic mass is 9.85. The first-order valence-electron chi connectivity index (χ1n) is 6.41. The van der Waals surface area contributed by atoms with Crippen LogP contribution in [-0.4, -0.2) is 43.7 Å². The van der Waals surface area contributed by atoms with Crippen molar-refractivity contribution in [1.29, 1.82) is 0 Å². The van der Waals surface area contributed by atoms with Crippen molar-refractivity contribution in [3.63, 3.8) is 0 Å². The van der Waals surface area contributed by atoms with Crippen molar-refractivity contribution >= 4 is 9.84 Å². The summed E-state index contributed by atoms with van der Waals surface area (Å²) in [6.07, 6.45) is 4.08. The van der Waals surface area contributed by atoms with Gasteiger partial charge in [-0.1, -0.05) is 20.3 Å². The summed E-state index contributed by atoms with van der Waals surface area (Å²) in [7, 11) is -2.96. The van der Waals surface area contributed by atoms with Crippen molar-refractivity contribution in [3.8, 4) is 0 Å². The maximum Gasteiger partial charge on any atom is 0.150 e. The van der Waals surface area contributed by atoms with E-state index in [1.54, 1.807) is 0 Å². The number of sulfone groups is 1. The van der Waals surface area contributed by atoms with E-state index in [2.05, 4.69) is 5.32 Å². The third kappa shape index (κ3) is 4.94. The van der Waals surface area contributed by atoms with Crippen molar-refractivity contribution in [3.05, 3.63) is 0 Å². The van der Waals surface area contributed by atoms with Crippen molar-refractivity contribution in [2.45, 2.75) is 56.9 Å². The lowest BCUT2D eigenvalue weighted by molar-refractivity contribution is 0.0832. The van der Waals surface area contributed by atoms with Crippen molar-refractivity contribution in [2.24, 2.45) is 5.92 Å². The second-order valence-corrected chi connectivity index (χ2v) is 7.83. The van der Waals surface area contributed by atoms with Crippen LogP contribution in [0.5, 0.6) is 0 Å². The lowest BCUT2D eigenvalue weighted by Gasteiger charge is -2.31. The maximum absolute atomic E-state index is 11.5. The van der Waals surface area contributed by atoms with Gasteiger partial charge < -0.3 is 10.4 Å². The Bertz CT molecular complexity index is 327. The van der Waals surface area contributed by atoms with Gasteiger partial charge in [0.1, 0.15) is 9.84 Å². The zero-order valence-corrected chi connectivity index (χ0v) is 11.8. The van der Waals surface area contributed by atoms with Crippen LogP contribution in [0.4, 0.5) is 0 Å². The molecule has 3 unspecified atom stereocenters. The molecule has 0 heterocycles. The highest BCUT2D eigenvalue weighted by molar-refractivity contribution is 7.91. The minimum absolute atomic E-state index is 0.120. The van der Waals surface area contributed by atoms with Crippen LogP contribution in [0.2, 0.25) is 0 Å². The van der Waals surface area contributed by atoms with Crippen molar-refractivity contribution in [1.82, 2.24) is 5.32 Å². The van der Waals surface area contributed by atoms with E-state index in [1.807, 2.05) is 13.8 Å². The molecule has 0 aromatic heterocycles. The smallest absolute Gasteiger partial charge is 0.150 e. The molecule has 0 bridgehead atoms. The standard InChI is InChI=1S/C12H25NO3S/c1-9(2)13-8-12(14)10-5-4-6-11(7-10)17(3,15)16/h9-14H,4-8H2,1-3H3. The first-order valence-corrected chi connectivity index (χ1v) is 8.36. The summed E-state index contributed by atoms with van der Waals surface area (Å²) in [6, 6.07) is 0.346. The van der Waals surface area contributed by atoms with E-state index in [0.717, 1.165) is 19.3 Å². The first-order chi connectivity index (χ1) is 7.80. The molecule has 1 aliphatic rings. The molecule has 1 saturated carbocycles.